The average Bonchev–Trinajstić information content (AvgIpc) is 2.69. The minimum absolute atomic E-state index is 0.0118. The van der Waals surface area contributed by atoms with E-state index < -0.39 is 22.6 Å². The van der Waals surface area contributed by atoms with Crippen LogP contribution in [0.3, 0.4) is 0 Å². The third-order valence-electron chi connectivity index (χ3n) is 2.53. The lowest BCUT2D eigenvalue weighted by Gasteiger charge is -2.07. The molecule has 0 radical (unpaired) electrons. The molecule has 2 N–H and O–H groups in total. The van der Waals surface area contributed by atoms with Gasteiger partial charge in [0.25, 0.3) is 0 Å². The average molecular weight is 409 g/mol. The second kappa shape index (κ2) is 7.91. The highest BCUT2D eigenvalue weighted by Gasteiger charge is 2.26. The second-order valence-corrected chi connectivity index (χ2v) is 8.54. The van der Waals surface area contributed by atoms with Crippen molar-refractivity contribution in [2.45, 2.75) is 36.9 Å². The highest BCUT2D eigenvalue weighted by Crippen LogP contribution is 2.31. The van der Waals surface area contributed by atoms with E-state index in [0.717, 1.165) is 4.88 Å². The van der Waals surface area contributed by atoms with Gasteiger partial charge in [-0.1, -0.05) is 0 Å². The number of rotatable bonds is 8. The summed E-state index contributed by atoms with van der Waals surface area (Å²) in [6, 6.07) is 1.54. The Morgan fingerprint density at radius 2 is 2.00 bits per heavy atom. The van der Waals surface area contributed by atoms with Gasteiger partial charge in [0.15, 0.2) is 0 Å². The fraction of sp³-hybridized carbons (Fsp3) is 0.636. The smallest absolute Gasteiger partial charge is 0.315 e. The summed E-state index contributed by atoms with van der Waals surface area (Å²) >= 11 is 4.49. The molecular weight excluding hydrogens is 393 g/mol. The maximum absolute atomic E-state index is 12.1. The van der Waals surface area contributed by atoms with Gasteiger partial charge in [0, 0.05) is 24.4 Å². The van der Waals surface area contributed by atoms with Crippen LogP contribution in [0.4, 0.5) is 13.2 Å². The van der Waals surface area contributed by atoms with Crippen LogP contribution in [0.15, 0.2) is 14.7 Å². The highest BCUT2D eigenvalue weighted by molar-refractivity contribution is 9.11. The molecule has 122 valence electrons. The van der Waals surface area contributed by atoms with Crippen molar-refractivity contribution in [2.24, 2.45) is 0 Å². The van der Waals surface area contributed by atoms with E-state index in [0.29, 0.717) is 10.3 Å². The Balaban J connectivity index is 2.54. The topological polar surface area (TPSA) is 58.2 Å². The molecule has 0 aliphatic carbocycles. The number of hydrogen-bond donors (Lipinski definition) is 2. The van der Waals surface area contributed by atoms with E-state index in [1.54, 1.807) is 13.1 Å². The Labute approximate surface area is 134 Å². The first-order chi connectivity index (χ1) is 9.65. The van der Waals surface area contributed by atoms with E-state index in [4.69, 9.17) is 0 Å². The number of nitrogens with one attached hydrogen (secondary N) is 2. The first-order valence-corrected chi connectivity index (χ1v) is 9.24. The predicted octanol–water partition coefficient (Wildman–Crippen LogP) is 3.24. The zero-order chi connectivity index (χ0) is 16.1. The molecule has 0 unspecified atom stereocenters. The summed E-state index contributed by atoms with van der Waals surface area (Å²) in [7, 11) is -1.95. The Morgan fingerprint density at radius 3 is 2.57 bits per heavy atom. The molecule has 0 atom stereocenters. The minimum Gasteiger partial charge on any atom is -0.315 e. The van der Waals surface area contributed by atoms with Crippen molar-refractivity contribution in [3.8, 4) is 0 Å². The standard InChI is InChI=1S/C11H16BrF3N2O2S2/c1-16-7-8-6-9(10(12)20-8)21(18,19)17-5-3-2-4-11(13,14)15/h6,16-17H,2-5,7H2,1H3. The van der Waals surface area contributed by atoms with Gasteiger partial charge in [0.1, 0.15) is 4.90 Å². The molecule has 0 aromatic carbocycles. The number of thiophene rings is 1. The van der Waals surface area contributed by atoms with Crippen molar-refractivity contribution in [2.75, 3.05) is 13.6 Å². The lowest BCUT2D eigenvalue weighted by molar-refractivity contribution is -0.135. The molecule has 0 aliphatic rings. The fourth-order valence-electron chi connectivity index (χ4n) is 1.58. The van der Waals surface area contributed by atoms with Gasteiger partial charge in [-0.2, -0.15) is 13.2 Å². The van der Waals surface area contributed by atoms with Crippen LogP contribution in [-0.4, -0.2) is 28.2 Å². The quantitative estimate of drug-likeness (QED) is 0.649. The van der Waals surface area contributed by atoms with Gasteiger partial charge in [-0.15, -0.1) is 11.3 Å². The number of alkyl halides is 3. The van der Waals surface area contributed by atoms with Gasteiger partial charge in [0.05, 0.1) is 3.79 Å². The third kappa shape index (κ3) is 6.64. The van der Waals surface area contributed by atoms with Crippen LogP contribution in [0.5, 0.6) is 0 Å². The summed E-state index contributed by atoms with van der Waals surface area (Å²) in [5, 5.41) is 2.92. The van der Waals surface area contributed by atoms with Crippen LogP contribution in [0.2, 0.25) is 0 Å². The summed E-state index contributed by atoms with van der Waals surface area (Å²) in [5.74, 6) is 0. The molecular formula is C11H16BrF3N2O2S2. The van der Waals surface area contributed by atoms with Gasteiger partial charge < -0.3 is 5.32 Å². The van der Waals surface area contributed by atoms with E-state index >= 15 is 0 Å². The van der Waals surface area contributed by atoms with Crippen molar-refractivity contribution in [3.63, 3.8) is 0 Å². The maximum Gasteiger partial charge on any atom is 0.389 e. The first kappa shape index (κ1) is 18.9. The molecule has 0 amide bonds. The molecule has 0 fully saturated rings. The Morgan fingerprint density at radius 1 is 1.33 bits per heavy atom. The Hall–Kier alpha value is -0.160. The molecule has 0 saturated carbocycles. The maximum atomic E-state index is 12.1. The SMILES string of the molecule is CNCc1cc(S(=O)(=O)NCCCCC(F)(F)F)c(Br)s1. The lowest BCUT2D eigenvalue weighted by Crippen LogP contribution is -2.25. The van der Waals surface area contributed by atoms with Crippen molar-refractivity contribution in [3.05, 3.63) is 14.7 Å². The summed E-state index contributed by atoms with van der Waals surface area (Å²) in [4.78, 5) is 0.968. The van der Waals surface area contributed by atoms with Crippen LogP contribution in [0.1, 0.15) is 24.1 Å². The summed E-state index contributed by atoms with van der Waals surface area (Å²) < 4.78 is 62.8. The molecule has 0 saturated heterocycles. The first-order valence-electron chi connectivity index (χ1n) is 6.15. The summed E-state index contributed by atoms with van der Waals surface area (Å²) in [6.07, 6.45) is -5.05. The van der Waals surface area contributed by atoms with Crippen LogP contribution < -0.4 is 10.0 Å². The summed E-state index contributed by atoms with van der Waals surface area (Å²) in [5.41, 5.74) is 0. The van der Waals surface area contributed by atoms with Gasteiger partial charge >= 0.3 is 6.18 Å². The molecule has 1 rings (SSSR count). The van der Waals surface area contributed by atoms with Gasteiger partial charge in [-0.3, -0.25) is 0 Å². The summed E-state index contributed by atoms with van der Waals surface area (Å²) in [6.45, 7) is 0.534. The van der Waals surface area contributed by atoms with E-state index in [9.17, 15) is 21.6 Å². The molecule has 0 aliphatic heterocycles. The molecule has 1 heterocycles. The van der Waals surface area contributed by atoms with Crippen LogP contribution in [0, 0.1) is 0 Å². The normalized spacial score (nSPS) is 12.8. The Kier molecular flexibility index (Phi) is 7.11. The van der Waals surface area contributed by atoms with E-state index in [-0.39, 0.29) is 24.3 Å². The van der Waals surface area contributed by atoms with Gasteiger partial charge in [-0.25, -0.2) is 13.1 Å². The molecule has 0 spiro atoms. The van der Waals surface area contributed by atoms with Crippen LogP contribution in [0.25, 0.3) is 0 Å². The van der Waals surface area contributed by atoms with Crippen LogP contribution in [-0.2, 0) is 16.6 Å². The predicted molar refractivity (Wildman–Crippen MR) is 79.9 cm³/mol. The molecule has 10 heteroatoms. The number of hydrogen-bond acceptors (Lipinski definition) is 4. The zero-order valence-electron chi connectivity index (χ0n) is 11.3. The van der Waals surface area contributed by atoms with Crippen molar-refractivity contribution >= 4 is 37.3 Å². The minimum atomic E-state index is -4.20. The monoisotopic (exact) mass is 408 g/mol. The van der Waals surface area contributed by atoms with Crippen molar-refractivity contribution in [1.29, 1.82) is 0 Å². The Bertz CT molecular complexity index is 558. The molecule has 21 heavy (non-hydrogen) atoms. The number of sulfonamides is 1. The van der Waals surface area contributed by atoms with Crippen LogP contribution >= 0.6 is 27.3 Å². The van der Waals surface area contributed by atoms with Gasteiger partial charge in [-0.05, 0) is 41.9 Å². The molecule has 1 aromatic heterocycles. The molecule has 1 aromatic rings. The molecule has 0 bridgehead atoms. The van der Waals surface area contributed by atoms with Crippen molar-refractivity contribution in [1.82, 2.24) is 10.0 Å². The largest absolute Gasteiger partial charge is 0.389 e. The number of halogens is 4. The zero-order valence-corrected chi connectivity index (χ0v) is 14.5. The van der Waals surface area contributed by atoms with E-state index in [1.807, 2.05) is 0 Å². The second-order valence-electron chi connectivity index (χ2n) is 4.35. The van der Waals surface area contributed by atoms with Gasteiger partial charge in [0.2, 0.25) is 10.0 Å². The van der Waals surface area contributed by atoms with E-state index in [1.165, 1.54) is 11.3 Å². The lowest BCUT2D eigenvalue weighted by atomic mass is 10.2. The fourth-order valence-corrected chi connectivity index (χ4v) is 5.34. The number of unbranched alkanes of at least 4 members (excludes halogenated alkanes) is 1. The third-order valence-corrected chi connectivity index (χ3v) is 6.24. The highest BCUT2D eigenvalue weighted by atomic mass is 79.9. The van der Waals surface area contributed by atoms with Crippen molar-refractivity contribution < 1.29 is 21.6 Å². The van der Waals surface area contributed by atoms with E-state index in [2.05, 4.69) is 26.0 Å². The molecule has 4 nitrogen and oxygen atoms in total.